The average molecular weight is 243 g/mol. The SMILES string of the molecule is CCN(CCC1CC(O)C1)C(=O)OC(C)(C)C. The number of aliphatic hydroxyl groups is 1. The van der Waals surface area contributed by atoms with Crippen molar-refractivity contribution in [1.82, 2.24) is 4.90 Å². The molecule has 100 valence electrons. The average Bonchev–Trinajstić information content (AvgIpc) is 2.12. The molecule has 0 aromatic carbocycles. The molecule has 4 heteroatoms. The van der Waals surface area contributed by atoms with Crippen LogP contribution in [-0.2, 0) is 4.74 Å². The summed E-state index contributed by atoms with van der Waals surface area (Å²) in [5, 5.41) is 9.20. The van der Waals surface area contributed by atoms with Crippen LogP contribution in [-0.4, -0.2) is 40.9 Å². The van der Waals surface area contributed by atoms with Gasteiger partial charge in [-0.2, -0.15) is 0 Å². The van der Waals surface area contributed by atoms with Gasteiger partial charge in [-0.3, -0.25) is 0 Å². The molecule has 0 heterocycles. The maximum Gasteiger partial charge on any atom is 0.410 e. The van der Waals surface area contributed by atoms with Crippen molar-refractivity contribution in [2.45, 2.75) is 58.7 Å². The lowest BCUT2D eigenvalue weighted by Gasteiger charge is -2.33. The van der Waals surface area contributed by atoms with Gasteiger partial charge in [0, 0.05) is 13.1 Å². The van der Waals surface area contributed by atoms with E-state index in [-0.39, 0.29) is 12.2 Å². The number of carbonyl (C=O) groups is 1. The molecule has 1 rings (SSSR count). The van der Waals surface area contributed by atoms with E-state index in [1.54, 1.807) is 4.90 Å². The van der Waals surface area contributed by atoms with Crippen molar-refractivity contribution in [3.05, 3.63) is 0 Å². The number of ether oxygens (including phenoxy) is 1. The maximum atomic E-state index is 11.8. The van der Waals surface area contributed by atoms with Crippen LogP contribution in [0, 0.1) is 5.92 Å². The van der Waals surface area contributed by atoms with E-state index in [1.807, 2.05) is 27.7 Å². The highest BCUT2D eigenvalue weighted by molar-refractivity contribution is 5.68. The monoisotopic (exact) mass is 243 g/mol. The Morgan fingerprint density at radius 3 is 2.41 bits per heavy atom. The molecule has 1 aliphatic carbocycles. The third kappa shape index (κ3) is 4.94. The summed E-state index contributed by atoms with van der Waals surface area (Å²) in [6.45, 7) is 8.98. The number of carbonyl (C=O) groups excluding carboxylic acids is 1. The van der Waals surface area contributed by atoms with E-state index >= 15 is 0 Å². The van der Waals surface area contributed by atoms with E-state index in [2.05, 4.69) is 0 Å². The Morgan fingerprint density at radius 1 is 1.41 bits per heavy atom. The smallest absolute Gasteiger partial charge is 0.410 e. The van der Waals surface area contributed by atoms with Crippen molar-refractivity contribution in [2.75, 3.05) is 13.1 Å². The largest absolute Gasteiger partial charge is 0.444 e. The molecule has 1 saturated carbocycles. The third-order valence-electron chi connectivity index (χ3n) is 3.05. The van der Waals surface area contributed by atoms with Crippen LogP contribution in [0.15, 0.2) is 0 Å². The van der Waals surface area contributed by atoms with E-state index in [4.69, 9.17) is 4.74 Å². The second kappa shape index (κ2) is 5.71. The molecule has 0 bridgehead atoms. The number of rotatable bonds is 4. The molecular weight excluding hydrogens is 218 g/mol. The van der Waals surface area contributed by atoms with Crippen molar-refractivity contribution in [2.24, 2.45) is 5.92 Å². The minimum absolute atomic E-state index is 0.114. The number of aliphatic hydroxyl groups excluding tert-OH is 1. The zero-order valence-electron chi connectivity index (χ0n) is 11.4. The molecule has 1 fully saturated rings. The molecule has 0 atom stereocenters. The Balaban J connectivity index is 2.29. The van der Waals surface area contributed by atoms with Crippen LogP contribution in [0.4, 0.5) is 4.79 Å². The summed E-state index contributed by atoms with van der Waals surface area (Å²) in [5.74, 6) is 0.571. The van der Waals surface area contributed by atoms with Gasteiger partial charge in [0.15, 0.2) is 0 Å². The quantitative estimate of drug-likeness (QED) is 0.825. The molecule has 0 unspecified atom stereocenters. The van der Waals surface area contributed by atoms with Crippen molar-refractivity contribution in [3.63, 3.8) is 0 Å². The molecule has 0 radical (unpaired) electrons. The van der Waals surface area contributed by atoms with Crippen molar-refractivity contribution >= 4 is 6.09 Å². The lowest BCUT2D eigenvalue weighted by molar-refractivity contribution is 0.0158. The van der Waals surface area contributed by atoms with Crippen LogP contribution in [0.3, 0.4) is 0 Å². The number of hydrogen-bond donors (Lipinski definition) is 1. The summed E-state index contributed by atoms with van der Waals surface area (Å²) in [5.41, 5.74) is -0.433. The summed E-state index contributed by atoms with van der Waals surface area (Å²) in [7, 11) is 0. The van der Waals surface area contributed by atoms with Crippen LogP contribution < -0.4 is 0 Å². The van der Waals surface area contributed by atoms with Gasteiger partial charge in [-0.15, -0.1) is 0 Å². The lowest BCUT2D eigenvalue weighted by Crippen LogP contribution is -2.39. The molecule has 4 nitrogen and oxygen atoms in total. The lowest BCUT2D eigenvalue weighted by atomic mass is 9.80. The molecule has 0 spiro atoms. The van der Waals surface area contributed by atoms with Gasteiger partial charge in [-0.05, 0) is 52.9 Å². The molecular formula is C13H25NO3. The summed E-state index contributed by atoms with van der Waals surface area (Å²) in [4.78, 5) is 13.6. The fourth-order valence-electron chi connectivity index (χ4n) is 1.98. The Bertz CT molecular complexity index is 254. The van der Waals surface area contributed by atoms with Crippen LogP contribution in [0.1, 0.15) is 47.0 Å². The predicted molar refractivity (Wildman–Crippen MR) is 66.8 cm³/mol. The molecule has 0 aromatic heterocycles. The highest BCUT2D eigenvalue weighted by atomic mass is 16.6. The standard InChI is InChI=1S/C13H25NO3/c1-5-14(12(16)17-13(2,3)4)7-6-10-8-11(15)9-10/h10-11,15H,5-9H2,1-4H3. The molecule has 0 aromatic rings. The summed E-state index contributed by atoms with van der Waals surface area (Å²) in [6, 6.07) is 0. The van der Waals surface area contributed by atoms with Gasteiger partial charge in [-0.25, -0.2) is 4.79 Å². The van der Waals surface area contributed by atoms with Gasteiger partial charge in [0.2, 0.25) is 0 Å². The van der Waals surface area contributed by atoms with Crippen molar-refractivity contribution in [3.8, 4) is 0 Å². The fourth-order valence-corrected chi connectivity index (χ4v) is 1.98. The first-order chi connectivity index (χ1) is 7.81. The van der Waals surface area contributed by atoms with Crippen LogP contribution in [0.25, 0.3) is 0 Å². The maximum absolute atomic E-state index is 11.8. The van der Waals surface area contributed by atoms with E-state index in [9.17, 15) is 9.90 Å². The molecule has 0 aliphatic heterocycles. The Kier molecular flexibility index (Phi) is 4.80. The van der Waals surface area contributed by atoms with E-state index in [0.717, 1.165) is 25.8 Å². The highest BCUT2D eigenvalue weighted by Crippen LogP contribution is 2.30. The second-order valence-electron chi connectivity index (χ2n) is 5.84. The van der Waals surface area contributed by atoms with Crippen molar-refractivity contribution < 1.29 is 14.6 Å². The third-order valence-corrected chi connectivity index (χ3v) is 3.05. The Morgan fingerprint density at radius 2 is 2.00 bits per heavy atom. The van der Waals surface area contributed by atoms with E-state index in [0.29, 0.717) is 12.5 Å². The normalized spacial score (nSPS) is 24.1. The van der Waals surface area contributed by atoms with Crippen LogP contribution in [0.2, 0.25) is 0 Å². The van der Waals surface area contributed by atoms with Crippen LogP contribution >= 0.6 is 0 Å². The summed E-state index contributed by atoms with van der Waals surface area (Å²) in [6.07, 6.45) is 2.37. The number of hydrogen-bond acceptors (Lipinski definition) is 3. The summed E-state index contributed by atoms with van der Waals surface area (Å²) >= 11 is 0. The van der Waals surface area contributed by atoms with E-state index < -0.39 is 5.60 Å². The van der Waals surface area contributed by atoms with Gasteiger partial charge >= 0.3 is 6.09 Å². The number of amides is 1. The second-order valence-corrected chi connectivity index (χ2v) is 5.84. The highest BCUT2D eigenvalue weighted by Gasteiger charge is 2.28. The van der Waals surface area contributed by atoms with Gasteiger partial charge in [0.1, 0.15) is 5.60 Å². The molecule has 1 amide bonds. The Hall–Kier alpha value is -0.770. The molecule has 17 heavy (non-hydrogen) atoms. The fraction of sp³-hybridized carbons (Fsp3) is 0.923. The predicted octanol–water partition coefficient (Wildman–Crippen LogP) is 2.40. The zero-order valence-corrected chi connectivity index (χ0v) is 11.4. The molecule has 0 saturated heterocycles. The zero-order chi connectivity index (χ0) is 13.1. The first-order valence-corrected chi connectivity index (χ1v) is 6.47. The van der Waals surface area contributed by atoms with Gasteiger partial charge < -0.3 is 14.7 Å². The number of nitrogens with zero attached hydrogens (tertiary/aromatic N) is 1. The van der Waals surface area contributed by atoms with Gasteiger partial charge in [0.25, 0.3) is 0 Å². The topological polar surface area (TPSA) is 49.8 Å². The minimum atomic E-state index is -0.433. The molecule has 1 N–H and O–H groups in total. The Labute approximate surface area is 104 Å². The minimum Gasteiger partial charge on any atom is -0.444 e. The van der Waals surface area contributed by atoms with Gasteiger partial charge in [0.05, 0.1) is 6.10 Å². The van der Waals surface area contributed by atoms with E-state index in [1.165, 1.54) is 0 Å². The molecule has 1 aliphatic rings. The van der Waals surface area contributed by atoms with Crippen molar-refractivity contribution in [1.29, 1.82) is 0 Å². The van der Waals surface area contributed by atoms with Gasteiger partial charge in [-0.1, -0.05) is 0 Å². The first kappa shape index (κ1) is 14.3. The summed E-state index contributed by atoms with van der Waals surface area (Å²) < 4.78 is 5.33. The van der Waals surface area contributed by atoms with Crippen LogP contribution in [0.5, 0.6) is 0 Å². The first-order valence-electron chi connectivity index (χ1n) is 6.47.